The van der Waals surface area contributed by atoms with Crippen LogP contribution in [-0.4, -0.2) is 22.1 Å². The van der Waals surface area contributed by atoms with E-state index in [0.717, 1.165) is 22.6 Å². The minimum absolute atomic E-state index is 0.0970. The molecule has 122 valence electrons. The van der Waals surface area contributed by atoms with E-state index in [9.17, 15) is 4.79 Å². The maximum absolute atomic E-state index is 12.4. The number of anilines is 1. The van der Waals surface area contributed by atoms with Gasteiger partial charge in [0.25, 0.3) is 0 Å². The highest BCUT2D eigenvalue weighted by atomic mass is 16.7. The number of carbonyl (C=O) groups excluding carboxylic acids is 1. The zero-order valence-electron chi connectivity index (χ0n) is 13.5. The summed E-state index contributed by atoms with van der Waals surface area (Å²) >= 11 is 0. The quantitative estimate of drug-likeness (QED) is 0.805. The molecule has 3 aromatic rings. The number of rotatable bonds is 3. The first-order valence-electron chi connectivity index (χ1n) is 7.74. The van der Waals surface area contributed by atoms with E-state index < -0.39 is 0 Å². The van der Waals surface area contributed by atoms with E-state index >= 15 is 0 Å². The molecule has 6 heteroatoms. The van der Waals surface area contributed by atoms with Crippen LogP contribution in [0.3, 0.4) is 0 Å². The molecule has 0 fully saturated rings. The van der Waals surface area contributed by atoms with Gasteiger partial charge in [0, 0.05) is 18.0 Å². The van der Waals surface area contributed by atoms with Crippen LogP contribution in [0.1, 0.15) is 17.0 Å². The maximum Gasteiger partial charge on any atom is 0.231 e. The Bertz CT molecular complexity index is 946. The molecule has 4 rings (SSSR count). The molecule has 0 aliphatic carbocycles. The summed E-state index contributed by atoms with van der Waals surface area (Å²) in [5, 5.41) is 2.90. The fourth-order valence-electron chi connectivity index (χ4n) is 2.91. The Hall–Kier alpha value is -3.02. The summed E-state index contributed by atoms with van der Waals surface area (Å²) in [4.78, 5) is 17.0. The predicted octanol–water partition coefficient (Wildman–Crippen LogP) is 2.86. The number of nitrogens with zero attached hydrogens (tertiary/aromatic N) is 2. The van der Waals surface area contributed by atoms with E-state index in [2.05, 4.69) is 10.3 Å². The topological polar surface area (TPSA) is 64.9 Å². The number of hydrogen-bond donors (Lipinski definition) is 1. The van der Waals surface area contributed by atoms with Crippen LogP contribution in [0.15, 0.2) is 36.5 Å². The van der Waals surface area contributed by atoms with E-state index in [1.165, 1.54) is 0 Å². The molecule has 1 aliphatic heterocycles. The summed E-state index contributed by atoms with van der Waals surface area (Å²) in [5.74, 6) is 1.25. The van der Waals surface area contributed by atoms with Crippen LogP contribution >= 0.6 is 0 Å². The van der Waals surface area contributed by atoms with Gasteiger partial charge in [0.2, 0.25) is 12.7 Å². The van der Waals surface area contributed by atoms with Gasteiger partial charge < -0.3 is 19.2 Å². The number of aromatic nitrogens is 2. The first-order chi connectivity index (χ1) is 11.6. The fraction of sp³-hybridized carbons (Fsp3) is 0.222. The molecule has 0 saturated heterocycles. The molecule has 6 nitrogen and oxygen atoms in total. The number of hydrogen-bond acceptors (Lipinski definition) is 4. The molecule has 0 atom stereocenters. The molecular weight excluding hydrogens is 306 g/mol. The van der Waals surface area contributed by atoms with Crippen molar-refractivity contribution in [2.45, 2.75) is 20.3 Å². The maximum atomic E-state index is 12.4. The number of amides is 1. The van der Waals surface area contributed by atoms with Crippen LogP contribution in [0.25, 0.3) is 5.65 Å². The molecule has 1 aromatic carbocycles. The molecule has 1 aliphatic rings. The van der Waals surface area contributed by atoms with Crippen LogP contribution in [0.5, 0.6) is 11.5 Å². The van der Waals surface area contributed by atoms with Crippen LogP contribution < -0.4 is 14.8 Å². The molecular formula is C18H17N3O3. The summed E-state index contributed by atoms with van der Waals surface area (Å²) in [6.07, 6.45) is 2.19. The largest absolute Gasteiger partial charge is 0.454 e. The Morgan fingerprint density at radius 1 is 1.25 bits per heavy atom. The smallest absolute Gasteiger partial charge is 0.231 e. The number of fused-ring (bicyclic) bond motifs is 2. The van der Waals surface area contributed by atoms with Crippen molar-refractivity contribution in [2.24, 2.45) is 0 Å². The first-order valence-corrected chi connectivity index (χ1v) is 7.74. The minimum atomic E-state index is -0.0970. The zero-order chi connectivity index (χ0) is 16.7. The minimum Gasteiger partial charge on any atom is -0.454 e. The standard InChI is InChI=1S/C18H17N3O3/c1-11-4-3-7-21-14(12(2)19-18(11)21)9-17(22)20-13-5-6-15-16(8-13)24-10-23-15/h3-8H,9-10H2,1-2H3,(H,20,22). The van der Waals surface area contributed by atoms with Gasteiger partial charge >= 0.3 is 0 Å². The third kappa shape index (κ3) is 2.46. The summed E-state index contributed by atoms with van der Waals surface area (Å²) in [7, 11) is 0. The predicted molar refractivity (Wildman–Crippen MR) is 89.6 cm³/mol. The molecule has 0 radical (unpaired) electrons. The van der Waals surface area contributed by atoms with Crippen molar-refractivity contribution in [3.05, 3.63) is 53.5 Å². The van der Waals surface area contributed by atoms with Gasteiger partial charge in [0.05, 0.1) is 17.8 Å². The molecule has 3 heterocycles. The second kappa shape index (κ2) is 5.56. The van der Waals surface area contributed by atoms with Crippen molar-refractivity contribution in [1.29, 1.82) is 0 Å². The lowest BCUT2D eigenvalue weighted by molar-refractivity contribution is -0.115. The summed E-state index contributed by atoms with van der Waals surface area (Å²) < 4.78 is 12.6. The van der Waals surface area contributed by atoms with Crippen molar-refractivity contribution in [3.63, 3.8) is 0 Å². The fourth-order valence-corrected chi connectivity index (χ4v) is 2.91. The van der Waals surface area contributed by atoms with Gasteiger partial charge in [-0.1, -0.05) is 6.07 Å². The van der Waals surface area contributed by atoms with Crippen molar-refractivity contribution >= 4 is 17.2 Å². The average Bonchev–Trinajstić information content (AvgIpc) is 3.13. The molecule has 1 amide bonds. The van der Waals surface area contributed by atoms with E-state index in [4.69, 9.17) is 9.47 Å². The highest BCUT2D eigenvalue weighted by molar-refractivity contribution is 5.92. The Balaban J connectivity index is 1.56. The molecule has 0 spiro atoms. The molecule has 2 aromatic heterocycles. The number of carbonyl (C=O) groups is 1. The third-order valence-corrected chi connectivity index (χ3v) is 4.13. The van der Waals surface area contributed by atoms with Crippen molar-refractivity contribution < 1.29 is 14.3 Å². The molecule has 1 N–H and O–H groups in total. The summed E-state index contributed by atoms with van der Waals surface area (Å²) in [6.45, 7) is 4.15. The lowest BCUT2D eigenvalue weighted by atomic mass is 10.2. The molecule has 0 saturated carbocycles. The number of nitrogens with one attached hydrogen (secondary N) is 1. The third-order valence-electron chi connectivity index (χ3n) is 4.13. The number of benzene rings is 1. The number of ether oxygens (including phenoxy) is 2. The second-order valence-electron chi connectivity index (χ2n) is 5.82. The van der Waals surface area contributed by atoms with Crippen molar-refractivity contribution in [2.75, 3.05) is 12.1 Å². The van der Waals surface area contributed by atoms with Gasteiger partial charge in [0.15, 0.2) is 11.5 Å². The first kappa shape index (κ1) is 14.6. The van der Waals surface area contributed by atoms with Gasteiger partial charge in [-0.05, 0) is 37.6 Å². The van der Waals surface area contributed by atoms with Crippen LogP contribution in [0, 0.1) is 13.8 Å². The summed E-state index contributed by atoms with van der Waals surface area (Å²) in [5.41, 5.74) is 4.42. The van der Waals surface area contributed by atoms with Gasteiger partial charge in [-0.25, -0.2) is 4.98 Å². The Morgan fingerprint density at radius 3 is 2.96 bits per heavy atom. The highest BCUT2D eigenvalue weighted by Crippen LogP contribution is 2.34. The Labute approximate surface area is 139 Å². The van der Waals surface area contributed by atoms with Crippen molar-refractivity contribution in [3.8, 4) is 11.5 Å². The summed E-state index contributed by atoms with van der Waals surface area (Å²) in [6, 6.07) is 9.34. The lowest BCUT2D eigenvalue weighted by Gasteiger charge is -2.07. The highest BCUT2D eigenvalue weighted by Gasteiger charge is 2.16. The van der Waals surface area contributed by atoms with Gasteiger partial charge in [-0.2, -0.15) is 0 Å². The van der Waals surface area contributed by atoms with Crippen molar-refractivity contribution in [1.82, 2.24) is 9.38 Å². The van der Waals surface area contributed by atoms with E-state index in [1.54, 1.807) is 18.2 Å². The Morgan fingerprint density at radius 2 is 2.08 bits per heavy atom. The lowest BCUT2D eigenvalue weighted by Crippen LogP contribution is -2.16. The number of imidazole rings is 1. The Kier molecular flexibility index (Phi) is 3.37. The van der Waals surface area contributed by atoms with Gasteiger partial charge in [-0.15, -0.1) is 0 Å². The van der Waals surface area contributed by atoms with Gasteiger partial charge in [0.1, 0.15) is 5.65 Å². The average molecular weight is 323 g/mol. The van der Waals surface area contributed by atoms with Gasteiger partial charge in [-0.3, -0.25) is 4.79 Å². The van der Waals surface area contributed by atoms with Crippen LogP contribution in [0.2, 0.25) is 0 Å². The van der Waals surface area contributed by atoms with E-state index in [0.29, 0.717) is 17.2 Å². The second-order valence-corrected chi connectivity index (χ2v) is 5.82. The van der Waals surface area contributed by atoms with E-state index in [1.807, 2.05) is 36.6 Å². The molecule has 0 bridgehead atoms. The molecule has 0 unspecified atom stereocenters. The van der Waals surface area contributed by atoms with E-state index in [-0.39, 0.29) is 19.1 Å². The van der Waals surface area contributed by atoms with Crippen LogP contribution in [0.4, 0.5) is 5.69 Å². The SMILES string of the molecule is Cc1nc2c(C)cccn2c1CC(=O)Nc1ccc2c(c1)OCO2. The number of pyridine rings is 1. The zero-order valence-corrected chi connectivity index (χ0v) is 13.5. The number of aryl methyl sites for hydroxylation is 2. The monoisotopic (exact) mass is 323 g/mol. The van der Waals surface area contributed by atoms with Crippen LogP contribution in [-0.2, 0) is 11.2 Å². The molecule has 24 heavy (non-hydrogen) atoms. The normalized spacial score (nSPS) is 12.6.